The minimum Gasteiger partial charge on any atom is -0.350 e. The highest BCUT2D eigenvalue weighted by Crippen LogP contribution is 2.11. The topological polar surface area (TPSA) is 97.1 Å². The van der Waals surface area contributed by atoms with E-state index in [9.17, 15) is 9.59 Å². The molecule has 1 atom stereocenters. The Balaban J connectivity index is 0.00000264. The summed E-state index contributed by atoms with van der Waals surface area (Å²) in [4.78, 5) is 27.5. The van der Waals surface area contributed by atoms with Gasteiger partial charge in [0, 0.05) is 18.9 Å². The van der Waals surface area contributed by atoms with Crippen LogP contribution < -0.4 is 16.4 Å². The van der Waals surface area contributed by atoms with Crippen LogP contribution in [0, 0.1) is 0 Å². The van der Waals surface area contributed by atoms with Gasteiger partial charge in [0.25, 0.3) is 5.91 Å². The highest BCUT2D eigenvalue weighted by atomic mass is 35.5. The van der Waals surface area contributed by atoms with Crippen molar-refractivity contribution in [1.82, 2.24) is 15.6 Å². The summed E-state index contributed by atoms with van der Waals surface area (Å²) in [5, 5.41) is 5.59. The van der Waals surface area contributed by atoms with Crippen LogP contribution in [-0.4, -0.2) is 29.9 Å². The number of nitrogens with two attached hydrogens (primary N) is 1. The predicted molar refractivity (Wildman–Crippen MR) is 90.2 cm³/mol. The molecule has 23 heavy (non-hydrogen) atoms. The average Bonchev–Trinajstić information content (AvgIpc) is 2.59. The Bertz CT molecular complexity index is 622. The highest BCUT2D eigenvalue weighted by molar-refractivity contribution is 5.93. The fourth-order valence-corrected chi connectivity index (χ4v) is 1.98. The number of carbonyl (C=O) groups excluding carboxylic acids is 2. The maximum absolute atomic E-state index is 12.0. The summed E-state index contributed by atoms with van der Waals surface area (Å²) in [6.45, 7) is 0.170. The maximum Gasteiger partial charge on any atom is 0.252 e. The SMILES string of the molecule is Cl.NCC(=O)N[C@H](CNC(=O)c1cccnc1)c1ccccc1. The molecule has 1 heterocycles. The molecule has 0 saturated heterocycles. The number of hydrogen-bond acceptors (Lipinski definition) is 4. The van der Waals surface area contributed by atoms with E-state index in [4.69, 9.17) is 5.73 Å². The van der Waals surface area contributed by atoms with E-state index < -0.39 is 0 Å². The van der Waals surface area contributed by atoms with E-state index in [-0.39, 0.29) is 43.4 Å². The number of halogens is 1. The molecule has 1 aromatic heterocycles. The maximum atomic E-state index is 12.0. The number of carbonyl (C=O) groups is 2. The van der Waals surface area contributed by atoms with Gasteiger partial charge >= 0.3 is 0 Å². The molecule has 7 heteroatoms. The molecule has 122 valence electrons. The highest BCUT2D eigenvalue weighted by Gasteiger charge is 2.15. The van der Waals surface area contributed by atoms with E-state index in [2.05, 4.69) is 15.6 Å². The number of aromatic nitrogens is 1. The molecule has 0 unspecified atom stereocenters. The van der Waals surface area contributed by atoms with Gasteiger partial charge in [-0.15, -0.1) is 12.4 Å². The third-order valence-corrected chi connectivity index (χ3v) is 3.11. The first kappa shape index (κ1) is 18.6. The first-order valence-electron chi connectivity index (χ1n) is 6.93. The molecule has 2 aromatic rings. The van der Waals surface area contributed by atoms with Gasteiger partial charge in [-0.05, 0) is 17.7 Å². The first-order valence-corrected chi connectivity index (χ1v) is 6.93. The molecule has 0 fully saturated rings. The minimum atomic E-state index is -0.335. The van der Waals surface area contributed by atoms with Crippen LogP contribution in [0.25, 0.3) is 0 Å². The summed E-state index contributed by atoms with van der Waals surface area (Å²) in [6, 6.07) is 12.4. The Hall–Kier alpha value is -2.44. The second kappa shape index (κ2) is 9.55. The van der Waals surface area contributed by atoms with Gasteiger partial charge in [-0.1, -0.05) is 30.3 Å². The van der Waals surface area contributed by atoms with Gasteiger partial charge in [-0.25, -0.2) is 0 Å². The van der Waals surface area contributed by atoms with E-state index in [1.165, 1.54) is 6.20 Å². The summed E-state index contributed by atoms with van der Waals surface area (Å²) in [6.07, 6.45) is 3.09. The lowest BCUT2D eigenvalue weighted by Gasteiger charge is -2.19. The van der Waals surface area contributed by atoms with Gasteiger partial charge in [-0.2, -0.15) is 0 Å². The van der Waals surface area contributed by atoms with Crippen LogP contribution >= 0.6 is 12.4 Å². The number of nitrogens with zero attached hydrogens (tertiary/aromatic N) is 1. The van der Waals surface area contributed by atoms with Crippen molar-refractivity contribution in [3.63, 3.8) is 0 Å². The second-order valence-electron chi connectivity index (χ2n) is 4.69. The van der Waals surface area contributed by atoms with Crippen molar-refractivity contribution in [2.45, 2.75) is 6.04 Å². The van der Waals surface area contributed by atoms with Gasteiger partial charge in [-0.3, -0.25) is 14.6 Å². The smallest absolute Gasteiger partial charge is 0.252 e. The van der Waals surface area contributed by atoms with Crippen LogP contribution in [0.2, 0.25) is 0 Å². The summed E-state index contributed by atoms with van der Waals surface area (Å²) >= 11 is 0. The normalized spacial score (nSPS) is 11.0. The molecule has 0 aliphatic rings. The number of hydrogen-bond donors (Lipinski definition) is 3. The van der Waals surface area contributed by atoms with Gasteiger partial charge in [0.05, 0.1) is 18.2 Å². The largest absolute Gasteiger partial charge is 0.350 e. The van der Waals surface area contributed by atoms with Crippen molar-refractivity contribution in [2.24, 2.45) is 5.73 Å². The van der Waals surface area contributed by atoms with E-state index >= 15 is 0 Å². The molecule has 2 rings (SSSR count). The molecular weight excluding hydrogens is 316 g/mol. The quantitative estimate of drug-likeness (QED) is 0.735. The molecule has 0 aliphatic carbocycles. The zero-order valence-electron chi connectivity index (χ0n) is 12.4. The van der Waals surface area contributed by atoms with Crippen LogP contribution in [0.1, 0.15) is 22.0 Å². The van der Waals surface area contributed by atoms with Crippen molar-refractivity contribution >= 4 is 24.2 Å². The number of amides is 2. The predicted octanol–water partition coefficient (Wildman–Crippen LogP) is 1.05. The second-order valence-corrected chi connectivity index (χ2v) is 4.69. The third-order valence-electron chi connectivity index (χ3n) is 3.11. The Morgan fingerprint density at radius 1 is 1.13 bits per heavy atom. The van der Waals surface area contributed by atoms with Gasteiger partial charge in [0.1, 0.15) is 0 Å². The average molecular weight is 335 g/mol. The van der Waals surface area contributed by atoms with Gasteiger partial charge < -0.3 is 16.4 Å². The molecule has 0 aliphatic heterocycles. The molecule has 0 saturated carbocycles. The van der Waals surface area contributed by atoms with E-state index in [1.807, 2.05) is 30.3 Å². The lowest BCUT2D eigenvalue weighted by atomic mass is 10.1. The van der Waals surface area contributed by atoms with Crippen molar-refractivity contribution < 1.29 is 9.59 Å². The third kappa shape index (κ3) is 5.69. The summed E-state index contributed by atoms with van der Waals surface area (Å²) < 4.78 is 0. The van der Waals surface area contributed by atoms with Crippen LogP contribution in [0.4, 0.5) is 0 Å². The summed E-state index contributed by atoms with van der Waals surface area (Å²) in [7, 11) is 0. The van der Waals surface area contributed by atoms with Crippen LogP contribution in [0.3, 0.4) is 0 Å². The molecule has 0 radical (unpaired) electrons. The van der Waals surface area contributed by atoms with Crippen molar-refractivity contribution in [2.75, 3.05) is 13.1 Å². The monoisotopic (exact) mass is 334 g/mol. The van der Waals surface area contributed by atoms with Crippen LogP contribution in [-0.2, 0) is 4.79 Å². The summed E-state index contributed by atoms with van der Waals surface area (Å²) in [5.74, 6) is -0.513. The minimum absolute atomic E-state index is 0. The zero-order chi connectivity index (χ0) is 15.8. The van der Waals surface area contributed by atoms with Gasteiger partial charge in [0.15, 0.2) is 0 Å². The number of rotatable bonds is 6. The van der Waals surface area contributed by atoms with E-state index in [0.717, 1.165) is 5.56 Å². The Labute approximate surface area is 140 Å². The Kier molecular flexibility index (Phi) is 7.73. The molecule has 0 spiro atoms. The first-order chi connectivity index (χ1) is 10.7. The molecule has 6 nitrogen and oxygen atoms in total. The van der Waals surface area contributed by atoms with Crippen LogP contribution in [0.15, 0.2) is 54.9 Å². The lowest BCUT2D eigenvalue weighted by molar-refractivity contribution is -0.120. The lowest BCUT2D eigenvalue weighted by Crippen LogP contribution is -2.40. The summed E-state index contributed by atoms with van der Waals surface area (Å²) in [5.41, 5.74) is 6.71. The molecule has 0 bridgehead atoms. The number of nitrogens with one attached hydrogen (secondary N) is 2. The molecular formula is C16H19ClN4O2. The molecule has 1 aromatic carbocycles. The fraction of sp³-hybridized carbons (Fsp3) is 0.188. The molecule has 2 amide bonds. The number of pyridine rings is 1. The van der Waals surface area contributed by atoms with Crippen molar-refractivity contribution in [1.29, 1.82) is 0 Å². The van der Waals surface area contributed by atoms with E-state index in [0.29, 0.717) is 5.56 Å². The van der Waals surface area contributed by atoms with Crippen LogP contribution in [0.5, 0.6) is 0 Å². The Morgan fingerprint density at radius 2 is 1.87 bits per heavy atom. The standard InChI is InChI=1S/C16H18N4O2.ClH/c17-9-15(21)20-14(12-5-2-1-3-6-12)11-19-16(22)13-7-4-8-18-10-13;/h1-8,10,14H,9,11,17H2,(H,19,22)(H,20,21);1H/t14-;/m1./s1. The molecule has 4 N–H and O–H groups in total. The zero-order valence-corrected chi connectivity index (χ0v) is 13.3. The van der Waals surface area contributed by atoms with Crippen molar-refractivity contribution in [3.05, 3.63) is 66.0 Å². The number of benzene rings is 1. The van der Waals surface area contributed by atoms with E-state index in [1.54, 1.807) is 18.3 Å². The fourth-order valence-electron chi connectivity index (χ4n) is 1.98. The van der Waals surface area contributed by atoms with Gasteiger partial charge in [0.2, 0.25) is 5.91 Å². The van der Waals surface area contributed by atoms with Crippen molar-refractivity contribution in [3.8, 4) is 0 Å². The Morgan fingerprint density at radius 3 is 2.48 bits per heavy atom.